The Morgan fingerprint density at radius 2 is 2.28 bits per heavy atom. The van der Waals surface area contributed by atoms with E-state index in [1.54, 1.807) is 40.1 Å². The summed E-state index contributed by atoms with van der Waals surface area (Å²) in [6, 6.07) is 3.72. The van der Waals surface area contributed by atoms with Gasteiger partial charge in [0, 0.05) is 26.8 Å². The lowest BCUT2D eigenvalue weighted by molar-refractivity contribution is 0.0776. The fourth-order valence-electron chi connectivity index (χ4n) is 1.77. The fourth-order valence-corrected chi connectivity index (χ4v) is 2.97. The molecule has 96 valence electrons. The molecule has 2 aromatic rings. The Labute approximate surface area is 118 Å². The summed E-state index contributed by atoms with van der Waals surface area (Å²) in [5.41, 5.74) is 8.00. The minimum absolute atomic E-state index is 0.0310. The standard InChI is InChI=1S/C12H14BrN3OS/c1-15-6-9(14)4-10(15)12(17)16(2)5-8-3-11(13)18-7-8/h3-4,6-7H,5,14H2,1-2H3. The number of rotatable bonds is 3. The van der Waals surface area contributed by atoms with Gasteiger partial charge in [-0.15, -0.1) is 11.3 Å². The number of nitrogens with two attached hydrogens (primary N) is 1. The van der Waals surface area contributed by atoms with Gasteiger partial charge in [0.2, 0.25) is 0 Å². The van der Waals surface area contributed by atoms with E-state index in [-0.39, 0.29) is 5.91 Å². The summed E-state index contributed by atoms with van der Waals surface area (Å²) in [6.07, 6.45) is 1.74. The van der Waals surface area contributed by atoms with Crippen LogP contribution in [0.1, 0.15) is 16.1 Å². The molecule has 0 aliphatic rings. The van der Waals surface area contributed by atoms with Crippen molar-refractivity contribution < 1.29 is 4.79 Å². The zero-order valence-electron chi connectivity index (χ0n) is 10.2. The maximum absolute atomic E-state index is 12.2. The van der Waals surface area contributed by atoms with Crippen molar-refractivity contribution in [3.05, 3.63) is 38.8 Å². The quantitative estimate of drug-likeness (QED) is 0.942. The number of carbonyl (C=O) groups is 1. The maximum atomic E-state index is 12.2. The summed E-state index contributed by atoms with van der Waals surface area (Å²) in [6.45, 7) is 0.589. The second kappa shape index (κ2) is 5.16. The highest BCUT2D eigenvalue weighted by Crippen LogP contribution is 2.22. The van der Waals surface area contributed by atoms with Gasteiger partial charge in [-0.05, 0) is 39.0 Å². The van der Waals surface area contributed by atoms with Crippen LogP contribution in [0.15, 0.2) is 27.5 Å². The van der Waals surface area contributed by atoms with Crippen molar-refractivity contribution in [1.29, 1.82) is 0 Å². The van der Waals surface area contributed by atoms with Crippen LogP contribution in [0.5, 0.6) is 0 Å². The van der Waals surface area contributed by atoms with Gasteiger partial charge < -0.3 is 15.2 Å². The number of aromatic nitrogens is 1. The molecule has 0 aromatic carbocycles. The van der Waals surface area contributed by atoms with E-state index in [2.05, 4.69) is 15.9 Å². The number of hydrogen-bond donors (Lipinski definition) is 1. The molecule has 6 heteroatoms. The van der Waals surface area contributed by atoms with E-state index in [9.17, 15) is 4.79 Å². The topological polar surface area (TPSA) is 51.3 Å². The van der Waals surface area contributed by atoms with Crippen LogP contribution in [0.25, 0.3) is 0 Å². The molecule has 2 heterocycles. The van der Waals surface area contributed by atoms with Crippen LogP contribution in [0.4, 0.5) is 5.69 Å². The second-order valence-electron chi connectivity index (χ2n) is 4.19. The molecule has 0 bridgehead atoms. The summed E-state index contributed by atoms with van der Waals surface area (Å²) in [5.74, 6) is -0.0310. The van der Waals surface area contributed by atoms with Crippen LogP contribution in [0.3, 0.4) is 0 Å². The lowest BCUT2D eigenvalue weighted by Gasteiger charge is -2.16. The summed E-state index contributed by atoms with van der Waals surface area (Å²) in [4.78, 5) is 13.9. The molecule has 2 N–H and O–H groups in total. The van der Waals surface area contributed by atoms with Gasteiger partial charge in [0.25, 0.3) is 5.91 Å². The molecule has 2 aromatic heterocycles. The Morgan fingerprint density at radius 1 is 1.56 bits per heavy atom. The van der Waals surface area contributed by atoms with E-state index >= 15 is 0 Å². The van der Waals surface area contributed by atoms with Gasteiger partial charge >= 0.3 is 0 Å². The number of aryl methyl sites for hydroxylation is 1. The third-order valence-corrected chi connectivity index (χ3v) is 4.19. The van der Waals surface area contributed by atoms with Crippen molar-refractivity contribution in [2.45, 2.75) is 6.54 Å². The van der Waals surface area contributed by atoms with Crippen LogP contribution in [0, 0.1) is 0 Å². The molecular weight excluding hydrogens is 314 g/mol. The molecule has 0 aliphatic carbocycles. The molecule has 0 atom stereocenters. The zero-order chi connectivity index (χ0) is 13.3. The predicted molar refractivity (Wildman–Crippen MR) is 77.6 cm³/mol. The number of amides is 1. The number of halogens is 1. The van der Waals surface area contributed by atoms with E-state index in [4.69, 9.17) is 5.73 Å². The van der Waals surface area contributed by atoms with Crippen LogP contribution >= 0.6 is 27.3 Å². The first-order chi connectivity index (χ1) is 8.47. The largest absolute Gasteiger partial charge is 0.397 e. The first-order valence-electron chi connectivity index (χ1n) is 5.37. The van der Waals surface area contributed by atoms with Crippen LogP contribution in [0.2, 0.25) is 0 Å². The predicted octanol–water partition coefficient (Wildman–Crippen LogP) is 2.70. The molecule has 4 nitrogen and oxygen atoms in total. The number of carbonyl (C=O) groups excluding carboxylic acids is 1. The number of nitrogen functional groups attached to an aromatic ring is 1. The van der Waals surface area contributed by atoms with Crippen molar-refractivity contribution in [2.24, 2.45) is 7.05 Å². The van der Waals surface area contributed by atoms with Crippen molar-refractivity contribution in [3.8, 4) is 0 Å². The smallest absolute Gasteiger partial charge is 0.270 e. The molecule has 0 radical (unpaired) electrons. The number of thiophene rings is 1. The molecule has 0 unspecified atom stereocenters. The minimum Gasteiger partial charge on any atom is -0.397 e. The second-order valence-corrected chi connectivity index (χ2v) is 6.48. The molecule has 0 fully saturated rings. The van der Waals surface area contributed by atoms with Gasteiger partial charge in [-0.25, -0.2) is 0 Å². The summed E-state index contributed by atoms with van der Waals surface area (Å²) in [5, 5.41) is 2.03. The Balaban J connectivity index is 2.11. The SMILES string of the molecule is CN(Cc1csc(Br)c1)C(=O)c1cc(N)cn1C. The van der Waals surface area contributed by atoms with Crippen LogP contribution in [-0.2, 0) is 13.6 Å². The van der Waals surface area contributed by atoms with Crippen LogP contribution in [-0.4, -0.2) is 22.4 Å². The monoisotopic (exact) mass is 327 g/mol. The van der Waals surface area contributed by atoms with E-state index < -0.39 is 0 Å². The molecular formula is C12H14BrN3OS. The maximum Gasteiger partial charge on any atom is 0.270 e. The van der Waals surface area contributed by atoms with E-state index in [0.717, 1.165) is 9.35 Å². The number of hydrogen-bond acceptors (Lipinski definition) is 3. The van der Waals surface area contributed by atoms with Crippen molar-refractivity contribution in [3.63, 3.8) is 0 Å². The molecule has 1 amide bonds. The highest BCUT2D eigenvalue weighted by Gasteiger charge is 2.16. The summed E-state index contributed by atoms with van der Waals surface area (Å²) < 4.78 is 2.82. The van der Waals surface area contributed by atoms with Crippen molar-refractivity contribution >= 4 is 38.9 Å². The highest BCUT2D eigenvalue weighted by atomic mass is 79.9. The Kier molecular flexibility index (Phi) is 3.77. The van der Waals surface area contributed by atoms with Gasteiger partial charge in [0.1, 0.15) is 5.69 Å². The van der Waals surface area contributed by atoms with Gasteiger partial charge in [0.05, 0.1) is 9.47 Å². The molecule has 2 rings (SSSR count). The highest BCUT2D eigenvalue weighted by molar-refractivity contribution is 9.11. The third kappa shape index (κ3) is 2.76. The van der Waals surface area contributed by atoms with E-state index in [0.29, 0.717) is 17.9 Å². The Morgan fingerprint density at radius 3 is 2.78 bits per heavy atom. The minimum atomic E-state index is -0.0310. The Hall–Kier alpha value is -1.27. The zero-order valence-corrected chi connectivity index (χ0v) is 12.6. The average Bonchev–Trinajstić information content (AvgIpc) is 2.84. The van der Waals surface area contributed by atoms with Gasteiger partial charge in [-0.2, -0.15) is 0 Å². The first-order valence-corrected chi connectivity index (χ1v) is 7.05. The lowest BCUT2D eigenvalue weighted by Crippen LogP contribution is -2.27. The van der Waals surface area contributed by atoms with Crippen molar-refractivity contribution in [1.82, 2.24) is 9.47 Å². The van der Waals surface area contributed by atoms with Crippen molar-refractivity contribution in [2.75, 3.05) is 12.8 Å². The molecule has 0 saturated heterocycles. The summed E-state index contributed by atoms with van der Waals surface area (Å²) in [7, 11) is 3.61. The van der Waals surface area contributed by atoms with Gasteiger partial charge in [-0.3, -0.25) is 4.79 Å². The third-order valence-electron chi connectivity index (χ3n) is 2.63. The summed E-state index contributed by atoms with van der Waals surface area (Å²) >= 11 is 5.03. The molecule has 0 saturated carbocycles. The molecule has 18 heavy (non-hydrogen) atoms. The number of nitrogens with zero attached hydrogens (tertiary/aromatic N) is 2. The molecule has 0 spiro atoms. The number of anilines is 1. The Bertz CT molecular complexity index is 576. The normalized spacial score (nSPS) is 10.6. The first kappa shape index (κ1) is 13.2. The van der Waals surface area contributed by atoms with E-state index in [1.807, 2.05) is 18.5 Å². The van der Waals surface area contributed by atoms with Gasteiger partial charge in [0.15, 0.2) is 0 Å². The van der Waals surface area contributed by atoms with Gasteiger partial charge in [-0.1, -0.05) is 0 Å². The lowest BCUT2D eigenvalue weighted by atomic mass is 10.3. The van der Waals surface area contributed by atoms with Crippen LogP contribution < -0.4 is 5.73 Å². The molecule has 0 aliphatic heterocycles. The average molecular weight is 328 g/mol. The fraction of sp³-hybridized carbons (Fsp3) is 0.250. The van der Waals surface area contributed by atoms with E-state index in [1.165, 1.54) is 0 Å².